The van der Waals surface area contributed by atoms with Crippen LogP contribution >= 0.6 is 0 Å². The van der Waals surface area contributed by atoms with Gasteiger partial charge in [-0.3, -0.25) is 9.48 Å². The van der Waals surface area contributed by atoms with Gasteiger partial charge in [0.1, 0.15) is 11.5 Å². The zero-order valence-electron chi connectivity index (χ0n) is 16.4. The Morgan fingerprint density at radius 2 is 2.07 bits per heavy atom. The lowest BCUT2D eigenvalue weighted by Crippen LogP contribution is -2.32. The Bertz CT molecular complexity index is 960. The minimum Gasteiger partial charge on any atom is -0.496 e. The summed E-state index contributed by atoms with van der Waals surface area (Å²) in [4.78, 5) is 15.0. The molecule has 6 nitrogen and oxygen atoms in total. The maximum atomic E-state index is 13.2. The van der Waals surface area contributed by atoms with Crippen molar-refractivity contribution in [1.29, 1.82) is 0 Å². The van der Waals surface area contributed by atoms with E-state index in [-0.39, 0.29) is 12.3 Å². The van der Waals surface area contributed by atoms with E-state index in [9.17, 15) is 4.79 Å². The molecule has 1 aliphatic carbocycles. The van der Waals surface area contributed by atoms with E-state index in [1.165, 1.54) is 11.3 Å². The standard InChI is InChI=1S/C22H25N3O3/c1-24-20-10-5-9-18(20)19(23-24)15-25(14-17-8-6-12-28-17)22(26)13-16-7-3-4-11-21(16)27-2/h3-4,6-8,11-12H,5,9-10,13-15H2,1-2H3. The van der Waals surface area contributed by atoms with Gasteiger partial charge in [0, 0.05) is 18.3 Å². The van der Waals surface area contributed by atoms with Crippen LogP contribution in [0.2, 0.25) is 0 Å². The molecule has 1 amide bonds. The first-order chi connectivity index (χ1) is 13.7. The lowest BCUT2D eigenvalue weighted by molar-refractivity contribution is -0.132. The molecule has 2 aromatic heterocycles. The van der Waals surface area contributed by atoms with E-state index in [4.69, 9.17) is 14.3 Å². The van der Waals surface area contributed by atoms with Gasteiger partial charge in [0.15, 0.2) is 0 Å². The van der Waals surface area contributed by atoms with Crippen LogP contribution in [0.4, 0.5) is 0 Å². The number of aryl methyl sites for hydroxylation is 1. The molecule has 28 heavy (non-hydrogen) atoms. The number of hydrogen-bond acceptors (Lipinski definition) is 4. The molecule has 0 saturated carbocycles. The Morgan fingerprint density at radius 1 is 1.21 bits per heavy atom. The van der Waals surface area contributed by atoms with Gasteiger partial charge in [-0.05, 0) is 43.0 Å². The third-order valence-electron chi connectivity index (χ3n) is 5.35. The Balaban J connectivity index is 1.58. The molecule has 1 aliphatic rings. The summed E-state index contributed by atoms with van der Waals surface area (Å²) in [5.74, 6) is 1.52. The summed E-state index contributed by atoms with van der Waals surface area (Å²) in [6, 6.07) is 11.4. The van der Waals surface area contributed by atoms with E-state index in [0.29, 0.717) is 13.1 Å². The minimum atomic E-state index is 0.0262. The minimum absolute atomic E-state index is 0.0262. The summed E-state index contributed by atoms with van der Waals surface area (Å²) in [6.07, 6.45) is 5.16. The number of amides is 1. The summed E-state index contributed by atoms with van der Waals surface area (Å²) in [7, 11) is 3.61. The second kappa shape index (κ2) is 7.92. The molecular formula is C22H25N3O3. The quantitative estimate of drug-likeness (QED) is 0.632. The fraction of sp³-hybridized carbons (Fsp3) is 0.364. The number of ether oxygens (including phenoxy) is 1. The second-order valence-electron chi connectivity index (χ2n) is 7.17. The summed E-state index contributed by atoms with van der Waals surface area (Å²) < 4.78 is 12.9. The van der Waals surface area contributed by atoms with Crippen molar-refractivity contribution in [2.75, 3.05) is 7.11 Å². The van der Waals surface area contributed by atoms with Gasteiger partial charge in [-0.15, -0.1) is 0 Å². The van der Waals surface area contributed by atoms with Gasteiger partial charge in [-0.25, -0.2) is 0 Å². The van der Waals surface area contributed by atoms with E-state index >= 15 is 0 Å². The van der Waals surface area contributed by atoms with Crippen LogP contribution in [0.3, 0.4) is 0 Å². The lowest BCUT2D eigenvalue weighted by Gasteiger charge is -2.22. The Kier molecular flexibility index (Phi) is 5.19. The van der Waals surface area contributed by atoms with Gasteiger partial charge in [0.2, 0.25) is 5.91 Å². The van der Waals surface area contributed by atoms with Crippen LogP contribution in [0.5, 0.6) is 5.75 Å². The number of furan rings is 1. The SMILES string of the molecule is COc1ccccc1CC(=O)N(Cc1ccco1)Cc1nn(C)c2c1CCC2. The lowest BCUT2D eigenvalue weighted by atomic mass is 10.1. The smallest absolute Gasteiger partial charge is 0.227 e. The predicted octanol–water partition coefficient (Wildman–Crippen LogP) is 3.28. The fourth-order valence-electron chi connectivity index (χ4n) is 3.95. The van der Waals surface area contributed by atoms with Gasteiger partial charge in [0.05, 0.1) is 38.6 Å². The Morgan fingerprint density at radius 3 is 2.86 bits per heavy atom. The molecule has 0 radical (unpaired) electrons. The maximum Gasteiger partial charge on any atom is 0.227 e. The molecule has 146 valence electrons. The van der Waals surface area contributed by atoms with E-state index in [1.807, 2.05) is 53.0 Å². The largest absolute Gasteiger partial charge is 0.496 e. The predicted molar refractivity (Wildman–Crippen MR) is 105 cm³/mol. The van der Waals surface area contributed by atoms with E-state index in [0.717, 1.165) is 42.0 Å². The van der Waals surface area contributed by atoms with E-state index in [2.05, 4.69) is 0 Å². The molecule has 0 atom stereocenters. The van der Waals surface area contributed by atoms with Crippen molar-refractivity contribution in [1.82, 2.24) is 14.7 Å². The van der Waals surface area contributed by atoms with Crippen LogP contribution < -0.4 is 4.74 Å². The number of rotatable bonds is 7. The van der Waals surface area contributed by atoms with E-state index < -0.39 is 0 Å². The van der Waals surface area contributed by atoms with Crippen molar-refractivity contribution in [3.63, 3.8) is 0 Å². The molecule has 0 fully saturated rings. The number of para-hydroxylation sites is 1. The monoisotopic (exact) mass is 379 g/mol. The number of hydrogen-bond donors (Lipinski definition) is 0. The van der Waals surface area contributed by atoms with Crippen molar-refractivity contribution in [3.8, 4) is 5.75 Å². The van der Waals surface area contributed by atoms with Gasteiger partial charge in [-0.1, -0.05) is 18.2 Å². The molecule has 0 spiro atoms. The maximum absolute atomic E-state index is 13.2. The molecule has 4 rings (SSSR count). The highest BCUT2D eigenvalue weighted by Crippen LogP contribution is 2.26. The molecule has 2 heterocycles. The topological polar surface area (TPSA) is 60.5 Å². The van der Waals surface area contributed by atoms with Crippen LogP contribution in [0.1, 0.15) is 34.7 Å². The first kappa shape index (κ1) is 18.3. The van der Waals surface area contributed by atoms with Crippen molar-refractivity contribution in [2.45, 2.75) is 38.8 Å². The number of carbonyl (C=O) groups is 1. The van der Waals surface area contributed by atoms with Gasteiger partial charge >= 0.3 is 0 Å². The summed E-state index contributed by atoms with van der Waals surface area (Å²) in [6.45, 7) is 0.907. The first-order valence-corrected chi connectivity index (χ1v) is 9.61. The third kappa shape index (κ3) is 3.67. The number of methoxy groups -OCH3 is 1. The highest BCUT2D eigenvalue weighted by Gasteiger charge is 2.25. The average Bonchev–Trinajstić information content (AvgIpc) is 3.43. The van der Waals surface area contributed by atoms with Crippen LogP contribution in [-0.4, -0.2) is 27.7 Å². The molecule has 1 aromatic carbocycles. The summed E-state index contributed by atoms with van der Waals surface area (Å²) in [5, 5.41) is 4.69. The number of nitrogens with zero attached hydrogens (tertiary/aromatic N) is 3. The molecule has 3 aromatic rings. The Labute approximate surface area is 164 Å². The van der Waals surface area contributed by atoms with Crippen LogP contribution in [-0.2, 0) is 44.2 Å². The van der Waals surface area contributed by atoms with E-state index in [1.54, 1.807) is 13.4 Å². The fourth-order valence-corrected chi connectivity index (χ4v) is 3.95. The number of benzene rings is 1. The highest BCUT2D eigenvalue weighted by atomic mass is 16.5. The van der Waals surface area contributed by atoms with Crippen molar-refractivity contribution in [2.24, 2.45) is 7.05 Å². The molecule has 0 saturated heterocycles. The molecule has 0 N–H and O–H groups in total. The third-order valence-corrected chi connectivity index (χ3v) is 5.35. The summed E-state index contributed by atoms with van der Waals surface area (Å²) in [5.41, 5.74) is 4.47. The normalized spacial score (nSPS) is 12.8. The summed E-state index contributed by atoms with van der Waals surface area (Å²) >= 11 is 0. The number of fused-ring (bicyclic) bond motifs is 1. The van der Waals surface area contributed by atoms with Gasteiger partial charge in [-0.2, -0.15) is 5.10 Å². The van der Waals surface area contributed by atoms with Gasteiger partial charge in [0.25, 0.3) is 0 Å². The van der Waals surface area contributed by atoms with Crippen molar-refractivity contribution in [3.05, 3.63) is 70.9 Å². The molecule has 0 aliphatic heterocycles. The average molecular weight is 379 g/mol. The van der Waals surface area contributed by atoms with Crippen LogP contribution in [0.15, 0.2) is 47.1 Å². The highest BCUT2D eigenvalue weighted by molar-refractivity contribution is 5.79. The van der Waals surface area contributed by atoms with Crippen LogP contribution in [0.25, 0.3) is 0 Å². The zero-order chi connectivity index (χ0) is 19.5. The van der Waals surface area contributed by atoms with Gasteiger partial charge < -0.3 is 14.1 Å². The molecule has 0 bridgehead atoms. The molecule has 0 unspecified atom stereocenters. The van der Waals surface area contributed by atoms with Crippen molar-refractivity contribution < 1.29 is 13.9 Å². The Hall–Kier alpha value is -3.02. The van der Waals surface area contributed by atoms with Crippen molar-refractivity contribution >= 4 is 5.91 Å². The van der Waals surface area contributed by atoms with Crippen LogP contribution in [0, 0.1) is 0 Å². The number of aromatic nitrogens is 2. The first-order valence-electron chi connectivity index (χ1n) is 9.61. The molecule has 6 heteroatoms. The molecular weight excluding hydrogens is 354 g/mol. The number of carbonyl (C=O) groups excluding carboxylic acids is 1. The zero-order valence-corrected chi connectivity index (χ0v) is 16.4. The second-order valence-corrected chi connectivity index (χ2v) is 7.17.